The Morgan fingerprint density at radius 1 is 1.00 bits per heavy atom. The molecule has 0 bridgehead atoms. The first kappa shape index (κ1) is 10.7. The molecule has 0 heterocycles. The zero-order valence-corrected chi connectivity index (χ0v) is 6.42. The quantitative estimate of drug-likeness (QED) is 0.522. The van der Waals surface area contributed by atoms with Crippen molar-refractivity contribution in [3.63, 3.8) is 0 Å². The van der Waals surface area contributed by atoms with Crippen LogP contribution in [0.1, 0.15) is 5.56 Å². The molecule has 0 saturated heterocycles. The summed E-state index contributed by atoms with van der Waals surface area (Å²) < 4.78 is 73.6. The maximum absolute atomic E-state index is 12.7. The second-order valence-electron chi connectivity index (χ2n) is 2.44. The molecule has 0 radical (unpaired) electrons. The molecule has 0 spiro atoms. The van der Waals surface area contributed by atoms with Crippen molar-refractivity contribution in [2.75, 3.05) is 5.73 Å². The van der Waals surface area contributed by atoms with E-state index in [4.69, 9.17) is 0 Å². The van der Waals surface area contributed by atoms with Crippen molar-refractivity contribution in [3.8, 4) is 0 Å². The Balaban J connectivity index is 3.53. The summed E-state index contributed by atoms with van der Waals surface area (Å²) in [6, 6.07) is -0.110. The van der Waals surface area contributed by atoms with Crippen LogP contribution in [0.2, 0.25) is 0 Å². The average Bonchev–Trinajstić information content (AvgIpc) is 1.97. The third-order valence-electron chi connectivity index (χ3n) is 1.49. The van der Waals surface area contributed by atoms with E-state index in [9.17, 15) is 26.3 Å². The van der Waals surface area contributed by atoms with Gasteiger partial charge in [0.05, 0.1) is 0 Å². The summed E-state index contributed by atoms with van der Waals surface area (Å²) in [5.74, 6) is -5.72. The van der Waals surface area contributed by atoms with E-state index in [0.717, 1.165) is 0 Å². The van der Waals surface area contributed by atoms with Gasteiger partial charge >= 0.3 is 6.18 Å². The molecular formula is C7H3F6N. The van der Waals surface area contributed by atoms with E-state index in [0.29, 0.717) is 0 Å². The highest BCUT2D eigenvalue weighted by molar-refractivity contribution is 5.46. The van der Waals surface area contributed by atoms with Crippen LogP contribution in [0.15, 0.2) is 6.07 Å². The fraction of sp³-hybridized carbons (Fsp3) is 0.143. The molecule has 0 atom stereocenters. The largest absolute Gasteiger partial charge is 0.422 e. The van der Waals surface area contributed by atoms with Gasteiger partial charge in [0.15, 0.2) is 11.6 Å². The molecule has 0 saturated carbocycles. The molecule has 1 nitrogen and oxygen atoms in total. The molecule has 0 fully saturated rings. The molecule has 1 rings (SSSR count). The highest BCUT2D eigenvalue weighted by Gasteiger charge is 2.39. The Kier molecular flexibility index (Phi) is 2.34. The zero-order chi connectivity index (χ0) is 11.1. The number of nitrogen functional groups attached to an aromatic ring is 1. The summed E-state index contributed by atoms with van der Waals surface area (Å²) in [5.41, 5.74) is 1.10. The normalized spacial score (nSPS) is 11.9. The Morgan fingerprint density at radius 3 is 1.93 bits per heavy atom. The standard InChI is InChI=1S/C7H3F6N/c8-2-1-3(9)6(14)5(10)4(2)7(11,12)13/h1H,14H2. The first-order valence-electron chi connectivity index (χ1n) is 3.25. The van der Waals surface area contributed by atoms with E-state index in [1.54, 1.807) is 0 Å². The second-order valence-corrected chi connectivity index (χ2v) is 2.44. The van der Waals surface area contributed by atoms with Gasteiger partial charge in [-0.2, -0.15) is 13.2 Å². The van der Waals surface area contributed by atoms with Crippen LogP contribution in [0.25, 0.3) is 0 Å². The average molecular weight is 215 g/mol. The summed E-state index contributed by atoms with van der Waals surface area (Å²) in [5, 5.41) is 0. The van der Waals surface area contributed by atoms with Crippen molar-refractivity contribution in [2.24, 2.45) is 0 Å². The number of alkyl halides is 3. The lowest BCUT2D eigenvalue weighted by Gasteiger charge is -2.10. The van der Waals surface area contributed by atoms with Gasteiger partial charge in [-0.05, 0) is 0 Å². The van der Waals surface area contributed by atoms with Crippen LogP contribution in [0.5, 0.6) is 0 Å². The predicted octanol–water partition coefficient (Wildman–Crippen LogP) is 2.70. The Labute approximate surface area is 74.1 Å². The predicted molar refractivity (Wildman–Crippen MR) is 35.7 cm³/mol. The molecular weight excluding hydrogens is 212 g/mol. The number of nitrogens with two attached hydrogens (primary N) is 1. The van der Waals surface area contributed by atoms with E-state index >= 15 is 0 Å². The SMILES string of the molecule is Nc1c(F)cc(F)c(C(F)(F)F)c1F. The highest BCUT2D eigenvalue weighted by Crippen LogP contribution is 2.36. The molecule has 0 amide bonds. The van der Waals surface area contributed by atoms with Gasteiger partial charge in [0.25, 0.3) is 0 Å². The molecule has 7 heteroatoms. The Morgan fingerprint density at radius 2 is 1.50 bits per heavy atom. The van der Waals surface area contributed by atoms with Crippen molar-refractivity contribution in [1.29, 1.82) is 0 Å². The van der Waals surface area contributed by atoms with Gasteiger partial charge in [-0.15, -0.1) is 0 Å². The molecule has 0 aromatic heterocycles. The summed E-state index contributed by atoms with van der Waals surface area (Å²) >= 11 is 0. The number of rotatable bonds is 0. The van der Waals surface area contributed by atoms with Gasteiger partial charge in [0.2, 0.25) is 0 Å². The van der Waals surface area contributed by atoms with Gasteiger partial charge in [0.1, 0.15) is 17.1 Å². The maximum atomic E-state index is 12.7. The van der Waals surface area contributed by atoms with Crippen molar-refractivity contribution in [3.05, 3.63) is 29.1 Å². The van der Waals surface area contributed by atoms with Gasteiger partial charge in [-0.3, -0.25) is 0 Å². The fourth-order valence-electron chi connectivity index (χ4n) is 0.865. The zero-order valence-electron chi connectivity index (χ0n) is 6.42. The molecule has 0 aliphatic heterocycles. The molecule has 1 aromatic rings. The van der Waals surface area contributed by atoms with E-state index in [1.807, 2.05) is 0 Å². The minimum absolute atomic E-state index is 0.110. The van der Waals surface area contributed by atoms with Crippen molar-refractivity contribution in [1.82, 2.24) is 0 Å². The van der Waals surface area contributed by atoms with Crippen LogP contribution < -0.4 is 5.73 Å². The lowest BCUT2D eigenvalue weighted by molar-refractivity contribution is -0.142. The summed E-state index contributed by atoms with van der Waals surface area (Å²) in [4.78, 5) is 0. The first-order chi connectivity index (χ1) is 6.25. The van der Waals surface area contributed by atoms with Crippen molar-refractivity contribution < 1.29 is 26.3 Å². The number of hydrogen-bond donors (Lipinski definition) is 1. The van der Waals surface area contributed by atoms with Gasteiger partial charge in [-0.1, -0.05) is 0 Å². The maximum Gasteiger partial charge on any atom is 0.422 e. The van der Waals surface area contributed by atoms with Crippen LogP contribution >= 0.6 is 0 Å². The number of halogens is 6. The number of hydrogen-bond acceptors (Lipinski definition) is 1. The lowest BCUT2D eigenvalue weighted by atomic mass is 10.1. The molecule has 0 aliphatic carbocycles. The Bertz CT molecular complexity index is 369. The fourth-order valence-corrected chi connectivity index (χ4v) is 0.865. The molecule has 0 unspecified atom stereocenters. The first-order valence-corrected chi connectivity index (χ1v) is 3.25. The number of benzene rings is 1. The minimum Gasteiger partial charge on any atom is -0.394 e. The molecule has 14 heavy (non-hydrogen) atoms. The van der Waals surface area contributed by atoms with E-state index in [1.165, 1.54) is 0 Å². The third kappa shape index (κ3) is 1.61. The van der Waals surface area contributed by atoms with Gasteiger partial charge in [0, 0.05) is 6.07 Å². The smallest absolute Gasteiger partial charge is 0.394 e. The van der Waals surface area contributed by atoms with Crippen LogP contribution in [-0.4, -0.2) is 0 Å². The highest BCUT2D eigenvalue weighted by atomic mass is 19.4. The molecule has 78 valence electrons. The second kappa shape index (κ2) is 3.07. The topological polar surface area (TPSA) is 26.0 Å². The summed E-state index contributed by atoms with van der Waals surface area (Å²) in [7, 11) is 0. The van der Waals surface area contributed by atoms with Crippen LogP contribution in [0, 0.1) is 17.5 Å². The van der Waals surface area contributed by atoms with Crippen LogP contribution in [-0.2, 0) is 6.18 Å². The molecule has 0 aliphatic rings. The van der Waals surface area contributed by atoms with Crippen molar-refractivity contribution in [2.45, 2.75) is 6.18 Å². The Hall–Kier alpha value is -1.40. The summed E-state index contributed by atoms with van der Waals surface area (Å²) in [6.07, 6.45) is -5.24. The third-order valence-corrected chi connectivity index (χ3v) is 1.49. The summed E-state index contributed by atoms with van der Waals surface area (Å²) in [6.45, 7) is 0. The lowest BCUT2D eigenvalue weighted by Crippen LogP contribution is -2.14. The monoisotopic (exact) mass is 215 g/mol. The molecule has 2 N–H and O–H groups in total. The van der Waals surface area contributed by atoms with Gasteiger partial charge < -0.3 is 5.73 Å². The van der Waals surface area contributed by atoms with E-state index in [-0.39, 0.29) is 6.07 Å². The minimum atomic E-state index is -5.24. The van der Waals surface area contributed by atoms with E-state index in [2.05, 4.69) is 5.73 Å². The van der Waals surface area contributed by atoms with Crippen LogP contribution in [0.4, 0.5) is 32.0 Å². The number of anilines is 1. The van der Waals surface area contributed by atoms with Gasteiger partial charge in [-0.25, -0.2) is 13.2 Å². The van der Waals surface area contributed by atoms with Crippen molar-refractivity contribution >= 4 is 5.69 Å². The van der Waals surface area contributed by atoms with Crippen LogP contribution in [0.3, 0.4) is 0 Å². The van der Waals surface area contributed by atoms with E-state index < -0.39 is 34.9 Å². The molecule has 1 aromatic carbocycles.